The van der Waals surface area contributed by atoms with Crippen molar-refractivity contribution in [3.05, 3.63) is 0 Å². The van der Waals surface area contributed by atoms with E-state index in [0.717, 1.165) is 0 Å². The van der Waals surface area contributed by atoms with E-state index in [0.29, 0.717) is 5.54 Å². The molecule has 0 atom stereocenters. The Kier molecular flexibility index (Phi) is 4.74. The molecule has 0 aromatic heterocycles. The summed E-state index contributed by atoms with van der Waals surface area (Å²) in [4.78, 5) is 2.52. The van der Waals surface area contributed by atoms with Gasteiger partial charge < -0.3 is 0 Å². The molecular weight excluding hydrogens is 134 g/mol. The lowest BCUT2D eigenvalue weighted by atomic mass is 9.96. The molecule has 1 nitrogen and oxygen atoms in total. The minimum absolute atomic E-state index is 0.401. The summed E-state index contributed by atoms with van der Waals surface area (Å²) in [5.41, 5.74) is 0.401. The van der Waals surface area contributed by atoms with Crippen LogP contribution in [0.4, 0.5) is 0 Å². The minimum Gasteiger partial charge on any atom is -0.299 e. The largest absolute Gasteiger partial charge is 0.299 e. The van der Waals surface area contributed by atoms with Gasteiger partial charge in [-0.05, 0) is 33.4 Å². The number of rotatable bonds is 5. The molecule has 11 heavy (non-hydrogen) atoms. The lowest BCUT2D eigenvalue weighted by molar-refractivity contribution is 0.124. The third-order valence-corrected chi connectivity index (χ3v) is 2.48. The van der Waals surface area contributed by atoms with E-state index in [2.05, 4.69) is 39.5 Å². The van der Waals surface area contributed by atoms with E-state index in [1.807, 2.05) is 0 Å². The van der Waals surface area contributed by atoms with E-state index in [9.17, 15) is 0 Å². The van der Waals surface area contributed by atoms with Gasteiger partial charge in [-0.2, -0.15) is 0 Å². The molecule has 0 aliphatic heterocycles. The van der Waals surface area contributed by atoms with E-state index in [1.54, 1.807) is 0 Å². The molecule has 68 valence electrons. The smallest absolute Gasteiger partial charge is 0.0152 e. The van der Waals surface area contributed by atoms with Crippen LogP contribution in [0.2, 0.25) is 0 Å². The SMILES string of the molecule is CCCC(C)(C)N(CC)CC. The highest BCUT2D eigenvalue weighted by Gasteiger charge is 2.22. The fraction of sp³-hybridized carbons (Fsp3) is 1.00. The van der Waals surface area contributed by atoms with Crippen LogP contribution in [0.3, 0.4) is 0 Å². The lowest BCUT2D eigenvalue weighted by Crippen LogP contribution is -2.43. The first-order valence-corrected chi connectivity index (χ1v) is 4.83. The Hall–Kier alpha value is -0.0400. The van der Waals surface area contributed by atoms with E-state index in [-0.39, 0.29) is 0 Å². The van der Waals surface area contributed by atoms with Crippen molar-refractivity contribution in [3.8, 4) is 0 Å². The highest BCUT2D eigenvalue weighted by molar-refractivity contribution is 4.79. The zero-order chi connectivity index (χ0) is 8.91. The second kappa shape index (κ2) is 4.76. The van der Waals surface area contributed by atoms with Crippen LogP contribution in [-0.2, 0) is 0 Å². The van der Waals surface area contributed by atoms with Crippen molar-refractivity contribution in [2.75, 3.05) is 13.1 Å². The highest BCUT2D eigenvalue weighted by Crippen LogP contribution is 2.19. The molecule has 0 aromatic carbocycles. The molecule has 0 unspecified atom stereocenters. The van der Waals surface area contributed by atoms with Crippen molar-refractivity contribution in [3.63, 3.8) is 0 Å². The Bertz CT molecular complexity index is 93.0. The second-order valence-electron chi connectivity index (χ2n) is 3.73. The van der Waals surface area contributed by atoms with Gasteiger partial charge in [-0.25, -0.2) is 0 Å². The zero-order valence-electron chi connectivity index (χ0n) is 8.78. The first kappa shape index (κ1) is 11.0. The maximum absolute atomic E-state index is 2.52. The van der Waals surface area contributed by atoms with Gasteiger partial charge in [0.25, 0.3) is 0 Å². The molecular formula is C10H23N. The summed E-state index contributed by atoms with van der Waals surface area (Å²) in [5.74, 6) is 0. The van der Waals surface area contributed by atoms with Crippen LogP contribution in [0.1, 0.15) is 47.5 Å². The van der Waals surface area contributed by atoms with Crippen LogP contribution in [0, 0.1) is 0 Å². The van der Waals surface area contributed by atoms with E-state index >= 15 is 0 Å². The molecule has 0 heterocycles. The first-order valence-electron chi connectivity index (χ1n) is 4.83. The molecule has 0 bridgehead atoms. The molecule has 0 aromatic rings. The lowest BCUT2D eigenvalue weighted by Gasteiger charge is -2.37. The maximum atomic E-state index is 2.52. The second-order valence-corrected chi connectivity index (χ2v) is 3.73. The molecule has 1 heteroatoms. The summed E-state index contributed by atoms with van der Waals surface area (Å²) in [6.45, 7) is 13.7. The number of hydrogen-bond donors (Lipinski definition) is 0. The monoisotopic (exact) mass is 157 g/mol. The van der Waals surface area contributed by atoms with Gasteiger partial charge in [0.2, 0.25) is 0 Å². The van der Waals surface area contributed by atoms with Crippen LogP contribution in [0.25, 0.3) is 0 Å². The Balaban J connectivity index is 4.00. The fourth-order valence-corrected chi connectivity index (χ4v) is 1.85. The predicted octanol–water partition coefficient (Wildman–Crippen LogP) is 2.91. The Morgan fingerprint density at radius 2 is 1.45 bits per heavy atom. The van der Waals surface area contributed by atoms with Crippen LogP contribution in [0.15, 0.2) is 0 Å². The molecule has 0 fully saturated rings. The zero-order valence-corrected chi connectivity index (χ0v) is 8.78. The third-order valence-electron chi connectivity index (χ3n) is 2.48. The van der Waals surface area contributed by atoms with Crippen LogP contribution >= 0.6 is 0 Å². The van der Waals surface area contributed by atoms with Gasteiger partial charge in [0.15, 0.2) is 0 Å². The predicted molar refractivity (Wildman–Crippen MR) is 51.9 cm³/mol. The third kappa shape index (κ3) is 3.24. The highest BCUT2D eigenvalue weighted by atomic mass is 15.2. The molecule has 0 saturated heterocycles. The molecule has 0 rings (SSSR count). The van der Waals surface area contributed by atoms with Crippen molar-refractivity contribution >= 4 is 0 Å². The number of nitrogens with zero attached hydrogens (tertiary/aromatic N) is 1. The molecule has 0 N–H and O–H groups in total. The van der Waals surface area contributed by atoms with Gasteiger partial charge in [-0.3, -0.25) is 4.90 Å². The summed E-state index contributed by atoms with van der Waals surface area (Å²) < 4.78 is 0. The number of hydrogen-bond acceptors (Lipinski definition) is 1. The van der Waals surface area contributed by atoms with Crippen LogP contribution < -0.4 is 0 Å². The Labute approximate surface area is 71.8 Å². The summed E-state index contributed by atoms with van der Waals surface area (Å²) in [6.07, 6.45) is 2.58. The van der Waals surface area contributed by atoms with Gasteiger partial charge in [0, 0.05) is 5.54 Å². The average molecular weight is 157 g/mol. The van der Waals surface area contributed by atoms with E-state index in [4.69, 9.17) is 0 Å². The van der Waals surface area contributed by atoms with Gasteiger partial charge in [-0.15, -0.1) is 0 Å². The van der Waals surface area contributed by atoms with Crippen LogP contribution in [-0.4, -0.2) is 23.5 Å². The molecule has 0 amide bonds. The first-order chi connectivity index (χ1) is 5.08. The Morgan fingerprint density at radius 1 is 1.00 bits per heavy atom. The quantitative estimate of drug-likeness (QED) is 0.593. The van der Waals surface area contributed by atoms with E-state index in [1.165, 1.54) is 25.9 Å². The van der Waals surface area contributed by atoms with Crippen molar-refractivity contribution < 1.29 is 0 Å². The topological polar surface area (TPSA) is 3.24 Å². The standard InChI is InChI=1S/C10H23N/c1-6-9-10(4,5)11(7-2)8-3/h6-9H2,1-5H3. The van der Waals surface area contributed by atoms with Gasteiger partial charge in [0.1, 0.15) is 0 Å². The maximum Gasteiger partial charge on any atom is 0.0152 e. The molecule has 0 spiro atoms. The Morgan fingerprint density at radius 3 is 1.73 bits per heavy atom. The van der Waals surface area contributed by atoms with Gasteiger partial charge in [0.05, 0.1) is 0 Å². The minimum atomic E-state index is 0.401. The van der Waals surface area contributed by atoms with Gasteiger partial charge >= 0.3 is 0 Å². The van der Waals surface area contributed by atoms with Gasteiger partial charge in [-0.1, -0.05) is 27.2 Å². The van der Waals surface area contributed by atoms with Crippen molar-refractivity contribution in [2.45, 2.75) is 53.0 Å². The molecule has 0 radical (unpaired) electrons. The molecule has 0 aliphatic rings. The summed E-state index contributed by atoms with van der Waals surface area (Å²) in [6, 6.07) is 0. The normalized spacial score (nSPS) is 12.5. The average Bonchev–Trinajstić information content (AvgIpc) is 1.89. The van der Waals surface area contributed by atoms with Crippen LogP contribution in [0.5, 0.6) is 0 Å². The molecule has 0 saturated carbocycles. The van der Waals surface area contributed by atoms with E-state index < -0.39 is 0 Å². The summed E-state index contributed by atoms with van der Waals surface area (Å²) in [5, 5.41) is 0. The van der Waals surface area contributed by atoms with Crippen molar-refractivity contribution in [2.24, 2.45) is 0 Å². The van der Waals surface area contributed by atoms with Crippen molar-refractivity contribution in [1.29, 1.82) is 0 Å². The summed E-state index contributed by atoms with van der Waals surface area (Å²) >= 11 is 0. The molecule has 0 aliphatic carbocycles. The summed E-state index contributed by atoms with van der Waals surface area (Å²) in [7, 11) is 0. The fourth-order valence-electron chi connectivity index (χ4n) is 1.85. The van der Waals surface area contributed by atoms with Crippen molar-refractivity contribution in [1.82, 2.24) is 4.90 Å².